The van der Waals surface area contributed by atoms with Crippen LogP contribution in [0.3, 0.4) is 0 Å². The van der Waals surface area contributed by atoms with Crippen LogP contribution in [-0.4, -0.2) is 6.61 Å². The molecule has 0 amide bonds. The van der Waals surface area contributed by atoms with E-state index in [1.165, 1.54) is 5.56 Å². The third-order valence-electron chi connectivity index (χ3n) is 9.88. The van der Waals surface area contributed by atoms with Gasteiger partial charge in [-0.1, -0.05) is 103 Å². The zero-order valence-corrected chi connectivity index (χ0v) is 33.1. The summed E-state index contributed by atoms with van der Waals surface area (Å²) >= 11 is 0. The van der Waals surface area contributed by atoms with E-state index in [9.17, 15) is 10.5 Å². The molecule has 0 radical (unpaired) electrons. The summed E-state index contributed by atoms with van der Waals surface area (Å²) in [5.41, 5.74) is 9.26. The molecule has 7 heteroatoms. The number of para-hydroxylation sites is 2. The van der Waals surface area contributed by atoms with Crippen molar-refractivity contribution < 1.29 is 4.74 Å². The summed E-state index contributed by atoms with van der Waals surface area (Å²) in [5, 5.41) is 20.8. The van der Waals surface area contributed by atoms with Crippen LogP contribution in [0.25, 0.3) is 34.0 Å². The van der Waals surface area contributed by atoms with E-state index in [-0.39, 0.29) is 33.6 Å². The van der Waals surface area contributed by atoms with E-state index in [1.807, 2.05) is 128 Å². The standard InChI is InChI=1S/C53H38N6O/c1-5-60-47-32-30-46(31-33-47)59(42-14-10-7-11-15-42)45-26-18-39(19-27-45)22-34-48-50(36-54)52(56-3)49(53(57-4)51(48)37-55)35-23-40-20-28-44(29-21-40)58(41-12-8-6-9-13-41)43-24-16-38(2)17-25-43/h6-35H,5H2,1-2H3/b34-22-,35-23-. The molecule has 0 fully saturated rings. The summed E-state index contributed by atoms with van der Waals surface area (Å²) in [6.45, 7) is 20.8. The number of anilines is 6. The molecule has 7 aromatic rings. The largest absolute Gasteiger partial charge is 0.494 e. The minimum atomic E-state index is 0.0221. The first-order valence-corrected chi connectivity index (χ1v) is 19.3. The zero-order chi connectivity index (χ0) is 41.8. The highest BCUT2D eigenvalue weighted by molar-refractivity contribution is 5.96. The van der Waals surface area contributed by atoms with Crippen molar-refractivity contribution in [3.63, 3.8) is 0 Å². The Morgan fingerprint density at radius 1 is 0.500 bits per heavy atom. The molecular weight excluding hydrogens is 737 g/mol. The Morgan fingerprint density at radius 2 is 0.867 bits per heavy atom. The number of nitrogens with zero attached hydrogens (tertiary/aromatic N) is 6. The van der Waals surface area contributed by atoms with Crippen LogP contribution < -0.4 is 14.5 Å². The van der Waals surface area contributed by atoms with Crippen molar-refractivity contribution in [3.8, 4) is 17.9 Å². The van der Waals surface area contributed by atoms with Crippen LogP contribution in [0, 0.1) is 42.7 Å². The lowest BCUT2D eigenvalue weighted by Crippen LogP contribution is -2.09. The smallest absolute Gasteiger partial charge is 0.202 e. The minimum Gasteiger partial charge on any atom is -0.494 e. The van der Waals surface area contributed by atoms with Crippen LogP contribution in [0.2, 0.25) is 0 Å². The molecular formula is C53H38N6O. The zero-order valence-electron chi connectivity index (χ0n) is 33.1. The molecule has 0 spiro atoms. The molecule has 0 aromatic heterocycles. The number of hydrogen-bond donors (Lipinski definition) is 0. The normalized spacial score (nSPS) is 10.7. The van der Waals surface area contributed by atoms with Gasteiger partial charge in [0.05, 0.1) is 43.0 Å². The fourth-order valence-electron chi connectivity index (χ4n) is 6.97. The van der Waals surface area contributed by atoms with Gasteiger partial charge in [-0.05, 0) is 121 Å². The van der Waals surface area contributed by atoms with Gasteiger partial charge in [0.2, 0.25) is 11.4 Å². The van der Waals surface area contributed by atoms with Gasteiger partial charge in [0, 0.05) is 34.1 Å². The Labute approximate surface area is 351 Å². The summed E-state index contributed by atoms with van der Waals surface area (Å²) < 4.78 is 5.66. The molecule has 286 valence electrons. The molecule has 7 nitrogen and oxygen atoms in total. The number of rotatable bonds is 12. The first-order chi connectivity index (χ1) is 29.5. The van der Waals surface area contributed by atoms with E-state index in [0.717, 1.165) is 51.0 Å². The van der Waals surface area contributed by atoms with E-state index >= 15 is 0 Å². The van der Waals surface area contributed by atoms with Crippen molar-refractivity contribution >= 4 is 69.8 Å². The molecule has 0 saturated heterocycles. The molecule has 0 aliphatic rings. The summed E-state index contributed by atoms with van der Waals surface area (Å²) in [4.78, 5) is 11.8. The predicted molar refractivity (Wildman–Crippen MR) is 244 cm³/mol. The van der Waals surface area contributed by atoms with Crippen molar-refractivity contribution in [1.29, 1.82) is 10.5 Å². The molecule has 7 aromatic carbocycles. The molecule has 0 aliphatic carbocycles. The van der Waals surface area contributed by atoms with Gasteiger partial charge in [-0.2, -0.15) is 10.5 Å². The minimum absolute atomic E-state index is 0.0221. The third kappa shape index (κ3) is 8.53. The summed E-state index contributed by atoms with van der Waals surface area (Å²) in [5.74, 6) is 0.797. The summed E-state index contributed by atoms with van der Waals surface area (Å²) in [6, 6.07) is 56.6. The SMILES string of the molecule is [C-]#[N+]c1c(C#N)c(/C=C\c2ccc(N(c3ccccc3)c3ccc(OCC)cc3)cc2)c(C#N)c([N+]#[C-])c1/C=C\c1ccc(N(c2ccccc2)c2ccc(C)cc2)cc1. The Bertz CT molecular complexity index is 2780. The van der Waals surface area contributed by atoms with Crippen LogP contribution >= 0.6 is 0 Å². The Morgan fingerprint density at radius 3 is 1.25 bits per heavy atom. The number of nitriles is 2. The van der Waals surface area contributed by atoms with E-state index in [1.54, 1.807) is 24.3 Å². The highest BCUT2D eigenvalue weighted by Gasteiger charge is 2.22. The maximum Gasteiger partial charge on any atom is 0.202 e. The third-order valence-corrected chi connectivity index (χ3v) is 9.88. The predicted octanol–water partition coefficient (Wildman–Crippen LogP) is 14.5. The highest BCUT2D eigenvalue weighted by Crippen LogP contribution is 2.42. The Balaban J connectivity index is 1.19. The quantitative estimate of drug-likeness (QED) is 0.0913. The van der Waals surface area contributed by atoms with Crippen molar-refractivity contribution in [2.24, 2.45) is 0 Å². The molecule has 0 aliphatic heterocycles. The van der Waals surface area contributed by atoms with Gasteiger partial charge in [-0.25, -0.2) is 9.69 Å². The van der Waals surface area contributed by atoms with Crippen molar-refractivity contribution in [1.82, 2.24) is 0 Å². The summed E-state index contributed by atoms with van der Waals surface area (Å²) in [6.07, 6.45) is 6.89. The first-order valence-electron chi connectivity index (χ1n) is 19.3. The average Bonchev–Trinajstić information content (AvgIpc) is 3.30. The molecule has 7 rings (SSSR count). The molecule has 0 unspecified atom stereocenters. The van der Waals surface area contributed by atoms with Crippen LogP contribution in [0.4, 0.5) is 45.5 Å². The van der Waals surface area contributed by atoms with Gasteiger partial charge < -0.3 is 14.5 Å². The number of hydrogen-bond acceptors (Lipinski definition) is 5. The number of aryl methyl sites for hydroxylation is 1. The van der Waals surface area contributed by atoms with E-state index in [4.69, 9.17) is 17.9 Å². The Kier molecular flexibility index (Phi) is 12.2. The summed E-state index contributed by atoms with van der Waals surface area (Å²) in [7, 11) is 0. The maximum atomic E-state index is 10.4. The lowest BCUT2D eigenvalue weighted by Gasteiger charge is -2.25. The molecule has 0 heterocycles. The number of ether oxygens (including phenoxy) is 1. The second-order valence-corrected chi connectivity index (χ2v) is 13.7. The molecule has 0 saturated carbocycles. The molecule has 0 bridgehead atoms. The van der Waals surface area contributed by atoms with Gasteiger partial charge >= 0.3 is 0 Å². The average molecular weight is 775 g/mol. The molecule has 0 N–H and O–H groups in total. The van der Waals surface area contributed by atoms with Crippen molar-refractivity contribution in [3.05, 3.63) is 220 Å². The van der Waals surface area contributed by atoms with E-state index in [2.05, 4.69) is 75.0 Å². The lowest BCUT2D eigenvalue weighted by atomic mass is 9.92. The van der Waals surface area contributed by atoms with Crippen LogP contribution in [0.1, 0.15) is 45.9 Å². The topological polar surface area (TPSA) is 72.0 Å². The van der Waals surface area contributed by atoms with Crippen LogP contribution in [-0.2, 0) is 0 Å². The maximum absolute atomic E-state index is 10.4. The highest BCUT2D eigenvalue weighted by atomic mass is 16.5. The van der Waals surface area contributed by atoms with Crippen LogP contribution in [0.5, 0.6) is 5.75 Å². The van der Waals surface area contributed by atoms with Gasteiger partial charge in [0.25, 0.3) is 0 Å². The van der Waals surface area contributed by atoms with E-state index < -0.39 is 0 Å². The molecule has 0 atom stereocenters. The lowest BCUT2D eigenvalue weighted by molar-refractivity contribution is 0.340. The van der Waals surface area contributed by atoms with Gasteiger partial charge in [0.1, 0.15) is 5.75 Å². The van der Waals surface area contributed by atoms with Gasteiger partial charge in [-0.3, -0.25) is 0 Å². The van der Waals surface area contributed by atoms with Gasteiger partial charge in [0.15, 0.2) is 0 Å². The van der Waals surface area contributed by atoms with Crippen LogP contribution in [0.15, 0.2) is 158 Å². The van der Waals surface area contributed by atoms with Gasteiger partial charge in [-0.15, -0.1) is 0 Å². The second kappa shape index (κ2) is 18.5. The van der Waals surface area contributed by atoms with Crippen molar-refractivity contribution in [2.45, 2.75) is 13.8 Å². The molecule has 60 heavy (non-hydrogen) atoms. The number of benzene rings is 7. The fraction of sp³-hybridized carbons (Fsp3) is 0.0566. The second-order valence-electron chi connectivity index (χ2n) is 13.7. The fourth-order valence-corrected chi connectivity index (χ4v) is 6.97. The van der Waals surface area contributed by atoms with Crippen molar-refractivity contribution in [2.75, 3.05) is 16.4 Å². The first kappa shape index (κ1) is 39.6. The van der Waals surface area contributed by atoms with E-state index in [0.29, 0.717) is 6.61 Å². The monoisotopic (exact) mass is 774 g/mol. The Hall–Kier alpha value is -8.62.